The van der Waals surface area contributed by atoms with E-state index >= 15 is 0 Å². The van der Waals surface area contributed by atoms with E-state index in [-0.39, 0.29) is 17.1 Å². The summed E-state index contributed by atoms with van der Waals surface area (Å²) in [5, 5.41) is 12.3. The van der Waals surface area contributed by atoms with Gasteiger partial charge in [0.05, 0.1) is 11.3 Å². The minimum atomic E-state index is -0.579. The Labute approximate surface area is 146 Å². The molecule has 0 radical (unpaired) electrons. The Bertz CT molecular complexity index is 967. The summed E-state index contributed by atoms with van der Waals surface area (Å²) in [6, 6.07) is 14.7. The molecule has 0 saturated carbocycles. The van der Waals surface area contributed by atoms with E-state index in [4.69, 9.17) is 0 Å². The van der Waals surface area contributed by atoms with Crippen molar-refractivity contribution in [2.45, 2.75) is 13.8 Å². The number of fused-ring (bicyclic) bond motifs is 1. The predicted octanol–water partition coefficient (Wildman–Crippen LogP) is 3.20. The van der Waals surface area contributed by atoms with E-state index in [1.165, 1.54) is 4.90 Å². The van der Waals surface area contributed by atoms with Gasteiger partial charge in [-0.15, -0.1) is 0 Å². The average Bonchev–Trinajstić information content (AvgIpc) is 2.84. The van der Waals surface area contributed by atoms with Crippen LogP contribution in [0.4, 0.5) is 11.4 Å². The Balaban J connectivity index is 2.07. The Kier molecular flexibility index (Phi) is 4.12. The maximum Gasteiger partial charge on any atom is 0.267 e. The van der Waals surface area contributed by atoms with Gasteiger partial charge in [0, 0.05) is 18.3 Å². The first-order valence-corrected chi connectivity index (χ1v) is 7.84. The van der Waals surface area contributed by atoms with Crippen LogP contribution < -0.4 is 10.2 Å². The topological polar surface area (TPSA) is 73.2 Å². The van der Waals surface area contributed by atoms with E-state index < -0.39 is 5.91 Å². The fourth-order valence-electron chi connectivity index (χ4n) is 2.89. The highest BCUT2D eigenvalue weighted by Gasteiger charge is 2.34. The zero-order valence-electron chi connectivity index (χ0n) is 14.3. The van der Waals surface area contributed by atoms with E-state index in [1.807, 2.05) is 44.2 Å². The monoisotopic (exact) mass is 331 g/mol. The van der Waals surface area contributed by atoms with Gasteiger partial charge in [0.1, 0.15) is 11.6 Å². The normalized spacial score (nSPS) is 14.8. The number of benzene rings is 2. The second-order valence-electron chi connectivity index (χ2n) is 6.02. The molecular weight excluding hydrogens is 314 g/mol. The molecule has 5 nitrogen and oxygen atoms in total. The molecule has 25 heavy (non-hydrogen) atoms. The average molecular weight is 331 g/mol. The highest BCUT2D eigenvalue weighted by Crippen LogP contribution is 2.37. The standard InChI is InChI=1S/C20H17N3O2/c1-12-8-9-13(2)16(10-12)22-19(24)15(11-21)18-14-6-4-5-7-17(14)23(3)20(18)25/h4-10H,1-3H3,(H,22,24)/b18-15-. The van der Waals surface area contributed by atoms with Gasteiger partial charge in [0.2, 0.25) is 0 Å². The van der Waals surface area contributed by atoms with Crippen molar-refractivity contribution < 1.29 is 9.59 Å². The first-order valence-electron chi connectivity index (χ1n) is 7.84. The van der Waals surface area contributed by atoms with Crippen molar-refractivity contribution in [1.29, 1.82) is 5.26 Å². The summed E-state index contributed by atoms with van der Waals surface area (Å²) in [6.07, 6.45) is 0. The highest BCUT2D eigenvalue weighted by atomic mass is 16.2. The zero-order chi connectivity index (χ0) is 18.1. The molecule has 1 aliphatic heterocycles. The predicted molar refractivity (Wildman–Crippen MR) is 96.9 cm³/mol. The van der Waals surface area contributed by atoms with Crippen LogP contribution in [0.3, 0.4) is 0 Å². The Hall–Kier alpha value is -3.39. The Morgan fingerprint density at radius 2 is 1.88 bits per heavy atom. The van der Waals surface area contributed by atoms with E-state index in [9.17, 15) is 14.9 Å². The van der Waals surface area contributed by atoms with Gasteiger partial charge in [-0.2, -0.15) is 5.26 Å². The number of anilines is 2. The fraction of sp³-hybridized carbons (Fsp3) is 0.150. The number of rotatable bonds is 2. The Morgan fingerprint density at radius 3 is 2.60 bits per heavy atom. The third-order valence-electron chi connectivity index (χ3n) is 4.28. The molecule has 2 aromatic rings. The molecule has 0 unspecified atom stereocenters. The number of nitrogens with zero attached hydrogens (tertiary/aromatic N) is 2. The van der Waals surface area contributed by atoms with Gasteiger partial charge in [-0.05, 0) is 37.1 Å². The fourth-order valence-corrected chi connectivity index (χ4v) is 2.89. The second kappa shape index (κ2) is 6.25. The van der Waals surface area contributed by atoms with Crippen LogP contribution in [0.5, 0.6) is 0 Å². The molecule has 2 aromatic carbocycles. The van der Waals surface area contributed by atoms with Crippen molar-refractivity contribution in [3.05, 3.63) is 64.7 Å². The van der Waals surface area contributed by atoms with Crippen LogP contribution in [0, 0.1) is 25.2 Å². The number of nitrogens with one attached hydrogen (secondary N) is 1. The smallest absolute Gasteiger partial charge is 0.267 e. The second-order valence-corrected chi connectivity index (χ2v) is 6.02. The van der Waals surface area contributed by atoms with Crippen LogP contribution in [-0.4, -0.2) is 18.9 Å². The first kappa shape index (κ1) is 16.5. The third-order valence-corrected chi connectivity index (χ3v) is 4.28. The lowest BCUT2D eigenvalue weighted by atomic mass is 10.0. The summed E-state index contributed by atoms with van der Waals surface area (Å²) in [5.41, 5.74) is 3.76. The zero-order valence-corrected chi connectivity index (χ0v) is 14.3. The molecule has 2 amide bonds. The maximum absolute atomic E-state index is 12.7. The summed E-state index contributed by atoms with van der Waals surface area (Å²) in [6.45, 7) is 3.79. The van der Waals surface area contributed by atoms with E-state index in [2.05, 4.69) is 5.32 Å². The molecular formula is C20H17N3O2. The summed E-state index contributed by atoms with van der Waals surface area (Å²) in [4.78, 5) is 26.7. The lowest BCUT2D eigenvalue weighted by molar-refractivity contribution is -0.114. The number of carbonyl (C=O) groups is 2. The lowest BCUT2D eigenvalue weighted by Gasteiger charge is -2.10. The molecule has 5 heteroatoms. The van der Waals surface area contributed by atoms with Gasteiger partial charge in [-0.3, -0.25) is 9.59 Å². The van der Waals surface area contributed by atoms with Gasteiger partial charge in [0.25, 0.3) is 11.8 Å². The molecule has 0 saturated heterocycles. The summed E-state index contributed by atoms with van der Waals surface area (Å²) < 4.78 is 0. The van der Waals surface area contributed by atoms with Crippen molar-refractivity contribution in [2.24, 2.45) is 0 Å². The highest BCUT2D eigenvalue weighted by molar-refractivity contribution is 6.37. The van der Waals surface area contributed by atoms with Gasteiger partial charge in [-0.1, -0.05) is 30.3 Å². The van der Waals surface area contributed by atoms with Gasteiger partial charge < -0.3 is 10.2 Å². The minimum Gasteiger partial charge on any atom is -0.321 e. The summed E-state index contributed by atoms with van der Waals surface area (Å²) in [7, 11) is 1.63. The molecule has 0 aliphatic carbocycles. The molecule has 0 aromatic heterocycles. The van der Waals surface area contributed by atoms with Gasteiger partial charge in [0.15, 0.2) is 0 Å². The van der Waals surface area contributed by atoms with Crippen LogP contribution in [0.1, 0.15) is 16.7 Å². The number of hydrogen-bond acceptors (Lipinski definition) is 3. The quantitative estimate of drug-likeness (QED) is 0.678. The van der Waals surface area contributed by atoms with Crippen molar-refractivity contribution in [1.82, 2.24) is 0 Å². The number of carbonyl (C=O) groups excluding carboxylic acids is 2. The van der Waals surface area contributed by atoms with Crippen molar-refractivity contribution in [2.75, 3.05) is 17.3 Å². The summed E-state index contributed by atoms with van der Waals surface area (Å²) in [5.74, 6) is -0.932. The molecule has 1 heterocycles. The lowest BCUT2D eigenvalue weighted by Crippen LogP contribution is -2.23. The van der Waals surface area contributed by atoms with E-state index in [0.717, 1.165) is 11.1 Å². The number of hydrogen-bond donors (Lipinski definition) is 1. The van der Waals surface area contributed by atoms with Crippen LogP contribution in [0.2, 0.25) is 0 Å². The molecule has 124 valence electrons. The third kappa shape index (κ3) is 2.79. The largest absolute Gasteiger partial charge is 0.321 e. The molecule has 0 spiro atoms. The minimum absolute atomic E-state index is 0.142. The first-order chi connectivity index (χ1) is 11.9. The van der Waals surface area contributed by atoms with Crippen molar-refractivity contribution in [3.63, 3.8) is 0 Å². The van der Waals surface area contributed by atoms with Crippen LogP contribution in [0.15, 0.2) is 48.0 Å². The number of amides is 2. The number of nitriles is 1. The molecule has 0 bridgehead atoms. The molecule has 3 rings (SSSR count). The van der Waals surface area contributed by atoms with Gasteiger partial charge >= 0.3 is 0 Å². The van der Waals surface area contributed by atoms with E-state index in [0.29, 0.717) is 16.9 Å². The molecule has 0 fully saturated rings. The van der Waals surface area contributed by atoms with Gasteiger partial charge in [-0.25, -0.2) is 0 Å². The number of aryl methyl sites for hydroxylation is 2. The van der Waals surface area contributed by atoms with Crippen molar-refractivity contribution in [3.8, 4) is 6.07 Å². The number of likely N-dealkylation sites (N-methyl/N-ethyl adjacent to an activating group) is 1. The molecule has 1 N–H and O–H groups in total. The van der Waals surface area contributed by atoms with Crippen LogP contribution in [0.25, 0.3) is 5.57 Å². The number of para-hydroxylation sites is 1. The Morgan fingerprint density at radius 1 is 1.16 bits per heavy atom. The van der Waals surface area contributed by atoms with Crippen LogP contribution in [-0.2, 0) is 9.59 Å². The van der Waals surface area contributed by atoms with Crippen molar-refractivity contribution >= 4 is 28.8 Å². The summed E-state index contributed by atoms with van der Waals surface area (Å²) >= 11 is 0. The van der Waals surface area contributed by atoms with Crippen LogP contribution >= 0.6 is 0 Å². The molecule has 1 aliphatic rings. The maximum atomic E-state index is 12.7. The van der Waals surface area contributed by atoms with E-state index in [1.54, 1.807) is 25.2 Å². The SMILES string of the molecule is Cc1ccc(C)c(NC(=O)/C(C#N)=C2\C(=O)N(C)c3ccccc32)c1. The molecule has 0 atom stereocenters.